The van der Waals surface area contributed by atoms with Gasteiger partial charge in [0.05, 0.1) is 12.1 Å². The molecule has 0 unspecified atom stereocenters. The minimum absolute atomic E-state index is 0.189. The van der Waals surface area contributed by atoms with Crippen LogP contribution >= 0.6 is 0 Å². The van der Waals surface area contributed by atoms with Crippen LogP contribution in [0.2, 0.25) is 0 Å². The Labute approximate surface area is 62.6 Å². The average molecular weight is 150 g/mol. The lowest BCUT2D eigenvalue weighted by Gasteiger charge is -2.10. The molecule has 1 aliphatic rings. The van der Waals surface area contributed by atoms with Crippen molar-refractivity contribution in [3.8, 4) is 0 Å². The molecule has 4 nitrogen and oxygen atoms in total. The van der Waals surface area contributed by atoms with Crippen LogP contribution in [0.15, 0.2) is 12.3 Å². The van der Waals surface area contributed by atoms with Crippen LogP contribution in [0, 0.1) is 0 Å². The molecule has 2 N–H and O–H groups in total. The number of amides is 1. The number of aromatic amines is 1. The van der Waals surface area contributed by atoms with Crippen molar-refractivity contribution in [3.63, 3.8) is 0 Å². The number of aromatic nitrogens is 1. The van der Waals surface area contributed by atoms with Gasteiger partial charge in [0.15, 0.2) is 0 Å². The van der Waals surface area contributed by atoms with Crippen LogP contribution < -0.4 is 5.32 Å². The molecule has 11 heavy (non-hydrogen) atoms. The fraction of sp³-hybridized carbons (Fsp3) is 0.143. The molecule has 0 atom stereocenters. The Morgan fingerprint density at radius 2 is 2.18 bits per heavy atom. The molecular weight excluding hydrogens is 144 g/mol. The van der Waals surface area contributed by atoms with Gasteiger partial charge in [0.2, 0.25) is 5.78 Å². The van der Waals surface area contributed by atoms with E-state index in [1.165, 1.54) is 0 Å². The lowest BCUT2D eigenvalue weighted by atomic mass is 10.1. The maximum atomic E-state index is 10.8. The topological polar surface area (TPSA) is 62.0 Å². The fourth-order valence-electron chi connectivity index (χ4n) is 1.10. The highest BCUT2D eigenvalue weighted by molar-refractivity contribution is 6.42. The first-order chi connectivity index (χ1) is 5.27. The molecule has 0 radical (unpaired) electrons. The maximum absolute atomic E-state index is 10.8. The van der Waals surface area contributed by atoms with Crippen molar-refractivity contribution in [1.82, 2.24) is 4.98 Å². The number of hydrogen-bond donors (Lipinski definition) is 2. The number of H-pyrrole nitrogens is 1. The summed E-state index contributed by atoms with van der Waals surface area (Å²) < 4.78 is 0. The zero-order valence-corrected chi connectivity index (χ0v) is 5.68. The minimum Gasteiger partial charge on any atom is -0.363 e. The summed E-state index contributed by atoms with van der Waals surface area (Å²) in [5.74, 6) is -0.906. The quantitative estimate of drug-likeness (QED) is 0.514. The molecule has 0 aromatic carbocycles. The SMILES string of the molecule is O=C1Cc2[nH]ccc2NC1=O. The number of fused-ring (bicyclic) bond motifs is 1. The average Bonchev–Trinajstić information content (AvgIpc) is 2.36. The number of rotatable bonds is 0. The summed E-state index contributed by atoms with van der Waals surface area (Å²) in [5.41, 5.74) is 1.50. The van der Waals surface area contributed by atoms with Crippen molar-refractivity contribution in [2.75, 3.05) is 5.32 Å². The highest BCUT2D eigenvalue weighted by Gasteiger charge is 2.23. The van der Waals surface area contributed by atoms with Gasteiger partial charge in [-0.1, -0.05) is 0 Å². The third-order valence-electron chi connectivity index (χ3n) is 1.67. The number of anilines is 1. The number of ketones is 1. The van der Waals surface area contributed by atoms with Crippen molar-refractivity contribution in [2.45, 2.75) is 6.42 Å². The summed E-state index contributed by atoms with van der Waals surface area (Å²) in [4.78, 5) is 24.5. The van der Waals surface area contributed by atoms with Crippen molar-refractivity contribution in [2.24, 2.45) is 0 Å². The first-order valence-corrected chi connectivity index (χ1v) is 3.28. The highest BCUT2D eigenvalue weighted by atomic mass is 16.2. The molecule has 1 aromatic heterocycles. The van der Waals surface area contributed by atoms with Crippen LogP contribution in [0.3, 0.4) is 0 Å². The Balaban J connectivity index is 2.45. The van der Waals surface area contributed by atoms with E-state index in [1.807, 2.05) is 0 Å². The van der Waals surface area contributed by atoms with E-state index >= 15 is 0 Å². The second-order valence-electron chi connectivity index (χ2n) is 2.42. The molecule has 2 heterocycles. The van der Waals surface area contributed by atoms with Crippen LogP contribution in [0.25, 0.3) is 0 Å². The van der Waals surface area contributed by atoms with E-state index in [0.29, 0.717) is 0 Å². The predicted molar refractivity (Wildman–Crippen MR) is 38.1 cm³/mol. The molecule has 0 saturated heterocycles. The van der Waals surface area contributed by atoms with Gasteiger partial charge in [-0.15, -0.1) is 0 Å². The molecule has 2 rings (SSSR count). The molecular formula is C7H6N2O2. The van der Waals surface area contributed by atoms with Crippen molar-refractivity contribution in [3.05, 3.63) is 18.0 Å². The summed E-state index contributed by atoms with van der Waals surface area (Å²) in [6, 6.07) is 1.74. The van der Waals surface area contributed by atoms with Crippen molar-refractivity contribution >= 4 is 17.4 Å². The van der Waals surface area contributed by atoms with Crippen LogP contribution in [0.4, 0.5) is 5.69 Å². The molecule has 1 amide bonds. The smallest absolute Gasteiger partial charge is 0.292 e. The number of carbonyl (C=O) groups is 2. The van der Waals surface area contributed by atoms with Gasteiger partial charge < -0.3 is 10.3 Å². The zero-order valence-electron chi connectivity index (χ0n) is 5.68. The Morgan fingerprint density at radius 1 is 1.36 bits per heavy atom. The second-order valence-corrected chi connectivity index (χ2v) is 2.42. The minimum atomic E-state index is -0.517. The number of carbonyl (C=O) groups excluding carboxylic acids is 2. The molecule has 0 aliphatic carbocycles. The normalized spacial score (nSPS) is 16.0. The summed E-state index contributed by atoms with van der Waals surface area (Å²) in [6.07, 6.45) is 1.89. The van der Waals surface area contributed by atoms with E-state index in [2.05, 4.69) is 10.3 Å². The summed E-state index contributed by atoms with van der Waals surface area (Å²) in [7, 11) is 0. The third-order valence-corrected chi connectivity index (χ3v) is 1.67. The van der Waals surface area contributed by atoms with E-state index in [4.69, 9.17) is 0 Å². The maximum Gasteiger partial charge on any atom is 0.292 e. The third kappa shape index (κ3) is 0.832. The number of hydrogen-bond acceptors (Lipinski definition) is 2. The summed E-state index contributed by atoms with van der Waals surface area (Å²) in [5, 5.41) is 2.47. The highest BCUT2D eigenvalue weighted by Crippen LogP contribution is 2.18. The van der Waals surface area contributed by atoms with E-state index in [9.17, 15) is 9.59 Å². The largest absolute Gasteiger partial charge is 0.363 e. The lowest BCUT2D eigenvalue weighted by Crippen LogP contribution is -2.29. The molecule has 56 valence electrons. The van der Waals surface area contributed by atoms with Crippen LogP contribution in [0.1, 0.15) is 5.69 Å². The molecule has 0 spiro atoms. The molecule has 1 aromatic rings. The van der Waals surface area contributed by atoms with Crippen molar-refractivity contribution in [1.29, 1.82) is 0 Å². The monoisotopic (exact) mass is 150 g/mol. The van der Waals surface area contributed by atoms with E-state index in [-0.39, 0.29) is 12.2 Å². The predicted octanol–water partition coefficient (Wildman–Crippen LogP) is 0.0784. The molecule has 0 bridgehead atoms. The fourth-order valence-corrected chi connectivity index (χ4v) is 1.10. The first kappa shape index (κ1) is 6.15. The van der Waals surface area contributed by atoms with Gasteiger partial charge in [-0.3, -0.25) is 9.59 Å². The van der Waals surface area contributed by atoms with E-state index < -0.39 is 5.91 Å². The Kier molecular flexibility index (Phi) is 1.09. The van der Waals surface area contributed by atoms with Gasteiger partial charge in [-0.25, -0.2) is 0 Å². The Morgan fingerprint density at radius 3 is 3.00 bits per heavy atom. The van der Waals surface area contributed by atoms with Gasteiger partial charge in [0.1, 0.15) is 0 Å². The Bertz CT molecular complexity index is 296. The molecule has 0 saturated carbocycles. The van der Waals surface area contributed by atoms with Crippen LogP contribution in [-0.2, 0) is 16.0 Å². The van der Waals surface area contributed by atoms with Crippen LogP contribution in [-0.4, -0.2) is 16.7 Å². The second kappa shape index (κ2) is 1.95. The zero-order chi connectivity index (χ0) is 7.84. The standard InChI is InChI=1S/C7H6N2O2/c10-6-3-5-4(1-2-8-5)9-7(6)11/h1-2,8H,3H2,(H,9,11). The summed E-state index contributed by atoms with van der Waals surface area (Å²) >= 11 is 0. The molecule has 4 heteroatoms. The van der Waals surface area contributed by atoms with Gasteiger partial charge >= 0.3 is 0 Å². The van der Waals surface area contributed by atoms with Crippen molar-refractivity contribution < 1.29 is 9.59 Å². The molecule has 1 aliphatic heterocycles. The summed E-state index contributed by atoms with van der Waals surface area (Å²) in [6.45, 7) is 0. The molecule has 0 fully saturated rings. The van der Waals surface area contributed by atoms with E-state index in [1.54, 1.807) is 12.3 Å². The Hall–Kier alpha value is -1.58. The number of Topliss-reactive ketones (excluding diaryl/α,β-unsaturated/α-hetero) is 1. The van der Waals surface area contributed by atoms with Gasteiger partial charge in [-0.2, -0.15) is 0 Å². The van der Waals surface area contributed by atoms with Gasteiger partial charge in [-0.05, 0) is 6.07 Å². The van der Waals surface area contributed by atoms with Crippen LogP contribution in [0.5, 0.6) is 0 Å². The van der Waals surface area contributed by atoms with Gasteiger partial charge in [0.25, 0.3) is 5.91 Å². The number of nitrogens with one attached hydrogen (secondary N) is 2. The van der Waals surface area contributed by atoms with Gasteiger partial charge in [0, 0.05) is 11.9 Å². The van der Waals surface area contributed by atoms with E-state index in [0.717, 1.165) is 11.4 Å². The lowest BCUT2D eigenvalue weighted by molar-refractivity contribution is -0.134. The first-order valence-electron chi connectivity index (χ1n) is 3.28.